The Kier molecular flexibility index (Phi) is 5.61. The second-order valence-electron chi connectivity index (χ2n) is 5.82. The van der Waals surface area contributed by atoms with Crippen molar-refractivity contribution in [3.8, 4) is 11.5 Å². The van der Waals surface area contributed by atoms with Crippen molar-refractivity contribution < 1.29 is 23.5 Å². The Bertz CT molecular complexity index is 947. The Morgan fingerprint density at radius 2 is 1.44 bits per heavy atom. The van der Waals surface area contributed by atoms with Crippen LogP contribution in [-0.2, 0) is 11.2 Å². The van der Waals surface area contributed by atoms with Crippen LogP contribution in [0.2, 0.25) is 0 Å². The Morgan fingerprint density at radius 1 is 0.852 bits per heavy atom. The molecule has 27 heavy (non-hydrogen) atoms. The maximum Gasteiger partial charge on any atom is 0.315 e. The molecule has 0 aliphatic rings. The van der Waals surface area contributed by atoms with Gasteiger partial charge in [-0.1, -0.05) is 18.2 Å². The molecular formula is C22H17FO4. The van der Waals surface area contributed by atoms with E-state index in [2.05, 4.69) is 0 Å². The van der Waals surface area contributed by atoms with E-state index in [1.807, 2.05) is 12.1 Å². The fourth-order valence-corrected chi connectivity index (χ4v) is 2.61. The number of ether oxygens (including phenoxy) is 2. The van der Waals surface area contributed by atoms with Crippen molar-refractivity contribution in [3.63, 3.8) is 0 Å². The minimum Gasteiger partial charge on any atom is -0.496 e. The van der Waals surface area contributed by atoms with Gasteiger partial charge in [0.05, 0.1) is 13.5 Å². The van der Waals surface area contributed by atoms with E-state index < -0.39 is 11.8 Å². The van der Waals surface area contributed by atoms with Crippen LogP contribution >= 0.6 is 0 Å². The van der Waals surface area contributed by atoms with Crippen LogP contribution in [0.4, 0.5) is 4.39 Å². The van der Waals surface area contributed by atoms with Crippen molar-refractivity contribution in [1.82, 2.24) is 0 Å². The van der Waals surface area contributed by atoms with Crippen molar-refractivity contribution in [2.75, 3.05) is 7.11 Å². The highest BCUT2D eigenvalue weighted by molar-refractivity contribution is 6.09. The zero-order valence-electron chi connectivity index (χ0n) is 14.6. The van der Waals surface area contributed by atoms with Crippen LogP contribution in [-0.4, -0.2) is 18.9 Å². The molecule has 0 N–H and O–H groups in total. The first kappa shape index (κ1) is 18.3. The molecule has 0 saturated heterocycles. The van der Waals surface area contributed by atoms with Gasteiger partial charge < -0.3 is 9.47 Å². The predicted molar refractivity (Wildman–Crippen MR) is 98.6 cm³/mol. The van der Waals surface area contributed by atoms with Crippen LogP contribution in [0.25, 0.3) is 0 Å². The van der Waals surface area contributed by atoms with E-state index in [4.69, 9.17) is 9.47 Å². The number of para-hydroxylation sites is 1. The van der Waals surface area contributed by atoms with Gasteiger partial charge >= 0.3 is 5.97 Å². The third-order valence-electron chi connectivity index (χ3n) is 3.98. The van der Waals surface area contributed by atoms with E-state index >= 15 is 0 Å². The summed E-state index contributed by atoms with van der Waals surface area (Å²) in [6.07, 6.45) is 0.0697. The summed E-state index contributed by atoms with van der Waals surface area (Å²) in [5, 5.41) is 0. The van der Waals surface area contributed by atoms with Gasteiger partial charge in [0.15, 0.2) is 5.78 Å². The molecule has 136 valence electrons. The van der Waals surface area contributed by atoms with Crippen molar-refractivity contribution >= 4 is 11.8 Å². The maximum absolute atomic E-state index is 13.0. The molecule has 0 aliphatic heterocycles. The lowest BCUT2D eigenvalue weighted by Gasteiger charge is -2.08. The molecule has 0 fully saturated rings. The zero-order chi connectivity index (χ0) is 19.2. The molecule has 3 rings (SSSR count). The van der Waals surface area contributed by atoms with Gasteiger partial charge in [0.2, 0.25) is 0 Å². The molecule has 0 bridgehead atoms. The molecule has 0 radical (unpaired) electrons. The van der Waals surface area contributed by atoms with Crippen LogP contribution < -0.4 is 9.47 Å². The number of esters is 1. The number of ketones is 1. The van der Waals surface area contributed by atoms with E-state index in [-0.39, 0.29) is 12.2 Å². The van der Waals surface area contributed by atoms with E-state index in [1.54, 1.807) is 43.5 Å². The number of carbonyl (C=O) groups excluding carboxylic acids is 2. The molecular weight excluding hydrogens is 347 g/mol. The number of rotatable bonds is 6. The molecule has 0 amide bonds. The van der Waals surface area contributed by atoms with Crippen LogP contribution in [0.1, 0.15) is 21.5 Å². The molecule has 0 saturated carbocycles. The van der Waals surface area contributed by atoms with Gasteiger partial charge in [-0.25, -0.2) is 4.39 Å². The average molecular weight is 364 g/mol. The van der Waals surface area contributed by atoms with Crippen LogP contribution in [0.15, 0.2) is 72.8 Å². The summed E-state index contributed by atoms with van der Waals surface area (Å²) in [4.78, 5) is 24.5. The summed E-state index contributed by atoms with van der Waals surface area (Å²) in [5.41, 5.74) is 1.54. The number of benzene rings is 3. The second-order valence-corrected chi connectivity index (χ2v) is 5.82. The lowest BCUT2D eigenvalue weighted by Crippen LogP contribution is -2.12. The zero-order valence-corrected chi connectivity index (χ0v) is 14.6. The summed E-state index contributed by atoms with van der Waals surface area (Å²) in [7, 11) is 1.54. The second kappa shape index (κ2) is 8.27. The fourth-order valence-electron chi connectivity index (χ4n) is 2.61. The third-order valence-corrected chi connectivity index (χ3v) is 3.98. The standard InChI is InChI=1S/C22H17FO4/c1-26-20-5-3-2-4-17(20)14-21(24)27-19-12-8-16(9-13-19)22(25)15-6-10-18(23)11-7-15/h2-13H,14H2,1H3. The molecule has 0 heterocycles. The summed E-state index contributed by atoms with van der Waals surface area (Å²) < 4.78 is 23.5. The maximum atomic E-state index is 13.0. The number of methoxy groups -OCH3 is 1. The molecule has 5 heteroatoms. The molecule has 3 aromatic carbocycles. The topological polar surface area (TPSA) is 52.6 Å². The van der Waals surface area contributed by atoms with Crippen LogP contribution in [0, 0.1) is 5.82 Å². The smallest absolute Gasteiger partial charge is 0.315 e. The molecule has 0 unspecified atom stereocenters. The van der Waals surface area contributed by atoms with Gasteiger partial charge in [-0.05, 0) is 54.6 Å². The fraction of sp³-hybridized carbons (Fsp3) is 0.0909. The Balaban J connectivity index is 1.66. The summed E-state index contributed by atoms with van der Waals surface area (Å²) in [6, 6.07) is 18.8. The molecule has 0 atom stereocenters. The quantitative estimate of drug-likeness (QED) is 0.373. The summed E-state index contributed by atoms with van der Waals surface area (Å²) in [5.74, 6) is -0.108. The first-order valence-electron chi connectivity index (χ1n) is 8.30. The normalized spacial score (nSPS) is 10.3. The van der Waals surface area contributed by atoms with Gasteiger partial charge in [0.25, 0.3) is 0 Å². The molecule has 4 nitrogen and oxygen atoms in total. The van der Waals surface area contributed by atoms with Gasteiger partial charge in [-0.15, -0.1) is 0 Å². The number of carbonyl (C=O) groups is 2. The van der Waals surface area contributed by atoms with Gasteiger partial charge in [0, 0.05) is 16.7 Å². The summed E-state index contributed by atoms with van der Waals surface area (Å²) in [6.45, 7) is 0. The van der Waals surface area contributed by atoms with Gasteiger partial charge in [-0.3, -0.25) is 9.59 Å². The first-order valence-corrected chi connectivity index (χ1v) is 8.30. The lowest BCUT2D eigenvalue weighted by atomic mass is 10.0. The van der Waals surface area contributed by atoms with Crippen LogP contribution in [0.5, 0.6) is 11.5 Å². The minimum absolute atomic E-state index is 0.0697. The largest absolute Gasteiger partial charge is 0.496 e. The Labute approximate surface area is 156 Å². The van der Waals surface area contributed by atoms with E-state index in [1.165, 1.54) is 24.3 Å². The van der Waals surface area contributed by atoms with Crippen molar-refractivity contribution in [2.45, 2.75) is 6.42 Å². The highest BCUT2D eigenvalue weighted by Gasteiger charge is 2.12. The highest BCUT2D eigenvalue weighted by atomic mass is 19.1. The van der Waals surface area contributed by atoms with Crippen LogP contribution in [0.3, 0.4) is 0 Å². The van der Waals surface area contributed by atoms with Gasteiger partial charge in [0.1, 0.15) is 17.3 Å². The lowest BCUT2D eigenvalue weighted by molar-refractivity contribution is -0.133. The number of hydrogen-bond donors (Lipinski definition) is 0. The SMILES string of the molecule is COc1ccccc1CC(=O)Oc1ccc(C(=O)c2ccc(F)cc2)cc1. The van der Waals surface area contributed by atoms with E-state index in [9.17, 15) is 14.0 Å². The Morgan fingerprint density at radius 3 is 2.07 bits per heavy atom. The molecule has 0 aliphatic carbocycles. The van der Waals surface area contributed by atoms with Crippen molar-refractivity contribution in [2.24, 2.45) is 0 Å². The average Bonchev–Trinajstić information content (AvgIpc) is 2.69. The minimum atomic E-state index is -0.433. The molecule has 0 aromatic heterocycles. The first-order chi connectivity index (χ1) is 13.1. The summed E-state index contributed by atoms with van der Waals surface area (Å²) >= 11 is 0. The predicted octanol–water partition coefficient (Wildman–Crippen LogP) is 4.21. The number of halogens is 1. The molecule has 0 spiro atoms. The van der Waals surface area contributed by atoms with Crippen molar-refractivity contribution in [3.05, 3.63) is 95.3 Å². The van der Waals surface area contributed by atoms with Crippen molar-refractivity contribution in [1.29, 1.82) is 0 Å². The number of hydrogen-bond acceptors (Lipinski definition) is 4. The van der Waals surface area contributed by atoms with Gasteiger partial charge in [-0.2, -0.15) is 0 Å². The van der Waals surface area contributed by atoms with E-state index in [0.717, 1.165) is 5.56 Å². The van der Waals surface area contributed by atoms with E-state index in [0.29, 0.717) is 22.6 Å². The monoisotopic (exact) mass is 364 g/mol. The molecule has 3 aromatic rings. The third kappa shape index (κ3) is 4.58. The Hall–Kier alpha value is -3.47. The highest BCUT2D eigenvalue weighted by Crippen LogP contribution is 2.20.